The Hall–Kier alpha value is -1.81. The maximum absolute atomic E-state index is 11.3. The van der Waals surface area contributed by atoms with E-state index >= 15 is 0 Å². The normalized spacial score (nSPS) is 16.0. The van der Waals surface area contributed by atoms with Crippen molar-refractivity contribution in [2.24, 2.45) is 0 Å². The van der Waals surface area contributed by atoms with Gasteiger partial charge in [-0.05, 0) is 51.1 Å². The van der Waals surface area contributed by atoms with Crippen LogP contribution in [0.2, 0.25) is 0 Å². The van der Waals surface area contributed by atoms with Gasteiger partial charge in [0, 0.05) is 35.8 Å². The van der Waals surface area contributed by atoms with Crippen LogP contribution in [0.3, 0.4) is 0 Å². The molecule has 4 nitrogen and oxygen atoms in total. The monoisotopic (exact) mass is 300 g/mol. The summed E-state index contributed by atoms with van der Waals surface area (Å²) in [6.07, 6.45) is 6.89. The zero-order valence-electron chi connectivity index (χ0n) is 13.3. The number of benzene rings is 1. The topological polar surface area (TPSA) is 34.5 Å². The van der Waals surface area contributed by atoms with Crippen LogP contribution in [0.25, 0.3) is 10.9 Å². The summed E-state index contributed by atoms with van der Waals surface area (Å²) >= 11 is 0. The van der Waals surface area contributed by atoms with Gasteiger partial charge in [-0.25, -0.2) is 0 Å². The van der Waals surface area contributed by atoms with Crippen LogP contribution in [-0.2, 0) is 6.54 Å². The molecule has 2 heterocycles. The van der Waals surface area contributed by atoms with Gasteiger partial charge in [0.25, 0.3) is 0 Å². The van der Waals surface area contributed by atoms with Crippen LogP contribution in [0.15, 0.2) is 24.4 Å². The summed E-state index contributed by atoms with van der Waals surface area (Å²) in [7, 11) is 0. The highest BCUT2D eigenvalue weighted by atomic mass is 16.5. The van der Waals surface area contributed by atoms with Gasteiger partial charge in [-0.1, -0.05) is 6.42 Å². The van der Waals surface area contributed by atoms with Gasteiger partial charge in [0.1, 0.15) is 5.75 Å². The predicted molar refractivity (Wildman–Crippen MR) is 88.8 cm³/mol. The average molecular weight is 300 g/mol. The minimum Gasteiger partial charge on any atom is -0.494 e. The number of rotatable bonds is 6. The Morgan fingerprint density at radius 1 is 1.18 bits per heavy atom. The molecule has 0 radical (unpaired) electrons. The molecule has 4 heteroatoms. The molecular weight excluding hydrogens is 276 g/mol. The quantitative estimate of drug-likeness (QED) is 0.767. The summed E-state index contributed by atoms with van der Waals surface area (Å²) in [6.45, 7) is 6.99. The Morgan fingerprint density at radius 3 is 2.73 bits per heavy atom. The zero-order valence-corrected chi connectivity index (χ0v) is 13.3. The SMILES string of the molecule is CCOc1ccc2c(c1)c(C=O)cn2CCN1CCCCC1. The first-order valence-electron chi connectivity index (χ1n) is 8.25. The Kier molecular flexibility index (Phi) is 4.78. The number of likely N-dealkylation sites (tertiary alicyclic amines) is 1. The Balaban J connectivity index is 1.81. The molecule has 2 aromatic rings. The molecule has 1 aromatic carbocycles. The molecule has 1 aromatic heterocycles. The summed E-state index contributed by atoms with van der Waals surface area (Å²) in [6, 6.07) is 6.02. The van der Waals surface area contributed by atoms with E-state index in [1.807, 2.05) is 25.3 Å². The fourth-order valence-corrected chi connectivity index (χ4v) is 3.27. The minimum absolute atomic E-state index is 0.637. The van der Waals surface area contributed by atoms with Crippen LogP contribution in [-0.4, -0.2) is 42.0 Å². The lowest BCUT2D eigenvalue weighted by Crippen LogP contribution is -2.32. The maximum atomic E-state index is 11.3. The number of ether oxygens (including phenoxy) is 1. The lowest BCUT2D eigenvalue weighted by atomic mass is 10.1. The van der Waals surface area contributed by atoms with Crippen molar-refractivity contribution in [1.82, 2.24) is 9.47 Å². The second-order valence-electron chi connectivity index (χ2n) is 5.91. The molecule has 0 amide bonds. The van der Waals surface area contributed by atoms with Gasteiger partial charge in [0.05, 0.1) is 6.61 Å². The molecule has 1 saturated heterocycles. The van der Waals surface area contributed by atoms with E-state index in [-0.39, 0.29) is 0 Å². The van der Waals surface area contributed by atoms with Crippen LogP contribution < -0.4 is 4.74 Å². The standard InChI is InChI=1S/C18H24N2O2/c1-2-22-16-6-7-18-17(12-16)15(14-21)13-20(18)11-10-19-8-4-3-5-9-19/h6-7,12-14H,2-5,8-11H2,1H3. The number of nitrogens with zero attached hydrogens (tertiary/aromatic N) is 2. The van der Waals surface area contributed by atoms with E-state index < -0.39 is 0 Å². The van der Waals surface area contributed by atoms with Crippen molar-refractivity contribution >= 4 is 17.2 Å². The highest BCUT2D eigenvalue weighted by Crippen LogP contribution is 2.25. The molecule has 0 bridgehead atoms. The molecule has 0 saturated carbocycles. The lowest BCUT2D eigenvalue weighted by Gasteiger charge is -2.26. The lowest BCUT2D eigenvalue weighted by molar-refractivity contribution is 0.112. The fourth-order valence-electron chi connectivity index (χ4n) is 3.27. The summed E-state index contributed by atoms with van der Waals surface area (Å²) in [5.41, 5.74) is 1.86. The minimum atomic E-state index is 0.637. The molecule has 118 valence electrons. The Labute approximate surface area is 131 Å². The fraction of sp³-hybridized carbons (Fsp3) is 0.500. The smallest absolute Gasteiger partial charge is 0.152 e. The van der Waals surface area contributed by atoms with E-state index in [9.17, 15) is 4.79 Å². The molecular formula is C18H24N2O2. The molecule has 0 spiro atoms. The van der Waals surface area contributed by atoms with Crippen molar-refractivity contribution in [3.05, 3.63) is 30.0 Å². The maximum Gasteiger partial charge on any atom is 0.152 e. The molecule has 3 rings (SSSR count). The third-order valence-electron chi connectivity index (χ3n) is 4.43. The summed E-state index contributed by atoms with van der Waals surface area (Å²) < 4.78 is 7.74. The third kappa shape index (κ3) is 3.17. The van der Waals surface area contributed by atoms with E-state index in [0.29, 0.717) is 6.61 Å². The van der Waals surface area contributed by atoms with Crippen molar-refractivity contribution in [1.29, 1.82) is 0 Å². The summed E-state index contributed by atoms with van der Waals surface area (Å²) in [5.74, 6) is 0.826. The van der Waals surface area contributed by atoms with Crippen LogP contribution >= 0.6 is 0 Å². The van der Waals surface area contributed by atoms with Crippen molar-refractivity contribution in [3.63, 3.8) is 0 Å². The van der Waals surface area contributed by atoms with Crippen molar-refractivity contribution < 1.29 is 9.53 Å². The van der Waals surface area contributed by atoms with Gasteiger partial charge < -0.3 is 14.2 Å². The molecule has 1 aliphatic rings. The van der Waals surface area contributed by atoms with Gasteiger partial charge >= 0.3 is 0 Å². The van der Waals surface area contributed by atoms with Gasteiger partial charge in [-0.15, -0.1) is 0 Å². The first-order chi connectivity index (χ1) is 10.8. The first-order valence-corrected chi connectivity index (χ1v) is 8.25. The van der Waals surface area contributed by atoms with Gasteiger partial charge in [0.15, 0.2) is 6.29 Å². The molecule has 0 unspecified atom stereocenters. The largest absolute Gasteiger partial charge is 0.494 e. The molecule has 0 atom stereocenters. The van der Waals surface area contributed by atoms with E-state index in [0.717, 1.165) is 41.6 Å². The number of hydrogen-bond donors (Lipinski definition) is 0. The van der Waals surface area contributed by atoms with Crippen molar-refractivity contribution in [2.75, 3.05) is 26.2 Å². The second-order valence-corrected chi connectivity index (χ2v) is 5.91. The van der Waals surface area contributed by atoms with E-state index in [1.165, 1.54) is 32.4 Å². The van der Waals surface area contributed by atoms with Gasteiger partial charge in [-0.2, -0.15) is 0 Å². The predicted octanol–water partition coefficient (Wildman–Crippen LogP) is 3.34. The van der Waals surface area contributed by atoms with E-state index in [2.05, 4.69) is 15.5 Å². The van der Waals surface area contributed by atoms with Crippen LogP contribution in [0.1, 0.15) is 36.5 Å². The summed E-state index contributed by atoms with van der Waals surface area (Å²) in [4.78, 5) is 13.9. The number of piperidine rings is 1. The van der Waals surface area contributed by atoms with E-state index in [4.69, 9.17) is 4.74 Å². The second kappa shape index (κ2) is 6.97. The highest BCUT2D eigenvalue weighted by Gasteiger charge is 2.12. The number of aromatic nitrogens is 1. The van der Waals surface area contributed by atoms with Crippen molar-refractivity contribution in [3.8, 4) is 5.75 Å². The van der Waals surface area contributed by atoms with Crippen LogP contribution in [0, 0.1) is 0 Å². The summed E-state index contributed by atoms with van der Waals surface area (Å²) in [5, 5.41) is 0.986. The molecule has 1 fully saturated rings. The molecule has 22 heavy (non-hydrogen) atoms. The molecule has 0 N–H and O–H groups in total. The number of fused-ring (bicyclic) bond motifs is 1. The van der Waals surface area contributed by atoms with E-state index in [1.54, 1.807) is 0 Å². The molecule has 1 aliphatic heterocycles. The zero-order chi connectivity index (χ0) is 15.4. The number of aldehydes is 1. The van der Waals surface area contributed by atoms with Gasteiger partial charge in [-0.3, -0.25) is 4.79 Å². The van der Waals surface area contributed by atoms with Gasteiger partial charge in [0.2, 0.25) is 0 Å². The average Bonchev–Trinajstić information content (AvgIpc) is 2.91. The third-order valence-corrected chi connectivity index (χ3v) is 4.43. The van der Waals surface area contributed by atoms with Crippen molar-refractivity contribution in [2.45, 2.75) is 32.7 Å². The molecule has 0 aliphatic carbocycles. The number of carbonyl (C=O) groups excluding carboxylic acids is 1. The van der Waals surface area contributed by atoms with Crippen LogP contribution in [0.5, 0.6) is 5.75 Å². The number of hydrogen-bond acceptors (Lipinski definition) is 3. The Morgan fingerprint density at radius 2 is 2.00 bits per heavy atom. The first kappa shape index (κ1) is 15.1. The number of carbonyl (C=O) groups is 1. The highest BCUT2D eigenvalue weighted by molar-refractivity contribution is 5.98. The Bertz CT molecular complexity index is 642. The van der Waals surface area contributed by atoms with Crippen LogP contribution in [0.4, 0.5) is 0 Å².